The van der Waals surface area contributed by atoms with E-state index < -0.39 is 4.92 Å². The van der Waals surface area contributed by atoms with Crippen LogP contribution in [0.25, 0.3) is 0 Å². The Kier molecular flexibility index (Phi) is 2.63. The zero-order valence-electron chi connectivity index (χ0n) is 9.17. The maximum atomic E-state index is 11.6. The second-order valence-corrected chi connectivity index (χ2v) is 3.94. The van der Waals surface area contributed by atoms with Crippen molar-refractivity contribution >= 4 is 23.1 Å². The molecule has 6 nitrogen and oxygen atoms in total. The van der Waals surface area contributed by atoms with Gasteiger partial charge in [0, 0.05) is 6.07 Å². The highest BCUT2D eigenvalue weighted by atomic mass is 16.6. The molecule has 0 unspecified atom stereocenters. The number of carbonyl (C=O) groups excluding carboxylic acids is 2. The van der Waals surface area contributed by atoms with Crippen LogP contribution in [0.1, 0.15) is 12.0 Å². The highest BCUT2D eigenvalue weighted by molar-refractivity contribution is 6.15. The molecule has 1 aliphatic rings. The molecule has 1 saturated heterocycles. The number of nitro groups is 1. The van der Waals surface area contributed by atoms with Crippen LogP contribution in [0.15, 0.2) is 18.2 Å². The molecule has 0 bridgehead atoms. The van der Waals surface area contributed by atoms with Crippen molar-refractivity contribution in [1.82, 2.24) is 0 Å². The lowest BCUT2D eigenvalue weighted by atomic mass is 10.2. The third-order valence-corrected chi connectivity index (χ3v) is 2.60. The van der Waals surface area contributed by atoms with Gasteiger partial charge in [0.05, 0.1) is 17.9 Å². The molecule has 88 valence electrons. The lowest BCUT2D eigenvalue weighted by molar-refractivity contribution is -0.384. The minimum atomic E-state index is -0.551. The molecule has 1 heterocycles. The van der Waals surface area contributed by atoms with E-state index in [9.17, 15) is 19.7 Å². The summed E-state index contributed by atoms with van der Waals surface area (Å²) in [7, 11) is 0. The van der Waals surface area contributed by atoms with Gasteiger partial charge in [-0.25, -0.2) is 0 Å². The zero-order valence-corrected chi connectivity index (χ0v) is 9.17. The van der Waals surface area contributed by atoms with Gasteiger partial charge in [-0.05, 0) is 18.6 Å². The number of nitrogens with zero attached hydrogens (tertiary/aromatic N) is 2. The van der Waals surface area contributed by atoms with E-state index >= 15 is 0 Å². The maximum Gasteiger partial charge on any atom is 0.292 e. The molecular weight excluding hydrogens is 224 g/mol. The normalized spacial score (nSPS) is 15.5. The van der Waals surface area contributed by atoms with E-state index in [1.807, 2.05) is 0 Å². The third kappa shape index (κ3) is 2.01. The number of benzene rings is 1. The van der Waals surface area contributed by atoms with Crippen LogP contribution in [-0.4, -0.2) is 23.2 Å². The van der Waals surface area contributed by atoms with Crippen molar-refractivity contribution in [2.24, 2.45) is 0 Å². The predicted octanol–water partition coefficient (Wildman–Crippen LogP) is 1.21. The molecule has 1 aromatic carbocycles. The Morgan fingerprint density at radius 3 is 2.59 bits per heavy atom. The molecule has 6 heteroatoms. The lowest BCUT2D eigenvalue weighted by Gasteiger charge is -2.15. The summed E-state index contributed by atoms with van der Waals surface area (Å²) in [5, 5.41) is 10.9. The van der Waals surface area contributed by atoms with E-state index in [4.69, 9.17) is 0 Å². The fraction of sp³-hybridized carbons (Fsp3) is 0.273. The molecule has 0 saturated carbocycles. The van der Waals surface area contributed by atoms with Crippen LogP contribution >= 0.6 is 0 Å². The molecule has 0 spiro atoms. The Morgan fingerprint density at radius 2 is 2.06 bits per heavy atom. The number of carbonyl (C=O) groups is 2. The van der Waals surface area contributed by atoms with Crippen molar-refractivity contribution in [3.05, 3.63) is 33.9 Å². The SMILES string of the molecule is Cc1ccc([N+](=O)[O-])c(N2CC(=O)CC2=O)c1. The maximum absolute atomic E-state index is 11.6. The lowest BCUT2D eigenvalue weighted by Crippen LogP contribution is -2.25. The average Bonchev–Trinajstić information content (AvgIpc) is 2.57. The molecule has 1 fully saturated rings. The van der Waals surface area contributed by atoms with Gasteiger partial charge in [0.2, 0.25) is 5.91 Å². The molecule has 0 radical (unpaired) electrons. The zero-order chi connectivity index (χ0) is 12.6. The Labute approximate surface area is 97.0 Å². The van der Waals surface area contributed by atoms with Crippen LogP contribution in [-0.2, 0) is 9.59 Å². The Balaban J connectivity index is 2.50. The number of Topliss-reactive ketones (excluding diaryl/α,β-unsaturated/α-hetero) is 1. The fourth-order valence-electron chi connectivity index (χ4n) is 1.81. The molecule has 0 aliphatic carbocycles. The number of hydrogen-bond acceptors (Lipinski definition) is 4. The van der Waals surface area contributed by atoms with Gasteiger partial charge in [-0.1, -0.05) is 6.07 Å². The van der Waals surface area contributed by atoms with E-state index in [1.54, 1.807) is 19.1 Å². The first-order valence-electron chi connectivity index (χ1n) is 5.06. The van der Waals surface area contributed by atoms with Crippen molar-refractivity contribution in [3.63, 3.8) is 0 Å². The second kappa shape index (κ2) is 3.97. The largest absolute Gasteiger partial charge is 0.299 e. The first-order chi connectivity index (χ1) is 7.99. The van der Waals surface area contributed by atoms with Crippen molar-refractivity contribution < 1.29 is 14.5 Å². The highest BCUT2D eigenvalue weighted by Gasteiger charge is 2.32. The molecule has 1 aromatic rings. The number of rotatable bonds is 2. The summed E-state index contributed by atoms with van der Waals surface area (Å²) in [6.45, 7) is 1.69. The third-order valence-electron chi connectivity index (χ3n) is 2.60. The predicted molar refractivity (Wildman–Crippen MR) is 59.8 cm³/mol. The smallest absolute Gasteiger partial charge is 0.292 e. The Bertz CT molecular complexity index is 524. The summed E-state index contributed by atoms with van der Waals surface area (Å²) in [5.41, 5.74) is 0.849. The molecule has 1 amide bonds. The van der Waals surface area contributed by atoms with Gasteiger partial charge in [-0.3, -0.25) is 24.6 Å². The Morgan fingerprint density at radius 1 is 1.35 bits per heavy atom. The molecule has 1 aliphatic heterocycles. The van der Waals surface area contributed by atoms with Crippen molar-refractivity contribution in [2.45, 2.75) is 13.3 Å². The summed E-state index contributed by atoms with van der Waals surface area (Å²) < 4.78 is 0. The van der Waals surface area contributed by atoms with Gasteiger partial charge in [0.1, 0.15) is 5.69 Å². The molecular formula is C11H10N2O4. The van der Waals surface area contributed by atoms with Crippen molar-refractivity contribution in [3.8, 4) is 0 Å². The monoisotopic (exact) mass is 234 g/mol. The van der Waals surface area contributed by atoms with Gasteiger partial charge in [-0.2, -0.15) is 0 Å². The van der Waals surface area contributed by atoms with Crippen LogP contribution < -0.4 is 4.90 Å². The number of anilines is 1. The van der Waals surface area contributed by atoms with E-state index in [0.717, 1.165) is 5.56 Å². The standard InChI is InChI=1S/C11H10N2O4/c1-7-2-3-9(13(16)17)10(4-7)12-6-8(14)5-11(12)15/h2-4H,5-6H2,1H3. The highest BCUT2D eigenvalue weighted by Crippen LogP contribution is 2.31. The minimum absolute atomic E-state index is 0.0802. The van der Waals surface area contributed by atoms with Gasteiger partial charge in [0.25, 0.3) is 5.69 Å². The quantitative estimate of drug-likeness (QED) is 0.437. The molecule has 2 rings (SSSR count). The van der Waals surface area contributed by atoms with Crippen LogP contribution in [0.5, 0.6) is 0 Å². The van der Waals surface area contributed by atoms with Crippen molar-refractivity contribution in [2.75, 3.05) is 11.4 Å². The summed E-state index contributed by atoms with van der Waals surface area (Å²) in [6, 6.07) is 4.50. The summed E-state index contributed by atoms with van der Waals surface area (Å²) in [4.78, 5) is 34.2. The van der Waals surface area contributed by atoms with E-state index in [-0.39, 0.29) is 36.0 Å². The number of nitro benzene ring substituents is 1. The first-order valence-corrected chi connectivity index (χ1v) is 5.06. The average molecular weight is 234 g/mol. The number of hydrogen-bond donors (Lipinski definition) is 0. The van der Waals surface area contributed by atoms with Crippen LogP contribution in [0, 0.1) is 17.0 Å². The summed E-state index contributed by atoms with van der Waals surface area (Å²) in [5.74, 6) is -0.602. The molecule has 0 aromatic heterocycles. The molecule has 17 heavy (non-hydrogen) atoms. The van der Waals surface area contributed by atoms with E-state index in [0.29, 0.717) is 0 Å². The second-order valence-electron chi connectivity index (χ2n) is 3.94. The molecule has 0 atom stereocenters. The van der Waals surface area contributed by atoms with Crippen LogP contribution in [0.2, 0.25) is 0 Å². The van der Waals surface area contributed by atoms with E-state index in [1.165, 1.54) is 11.0 Å². The van der Waals surface area contributed by atoms with Crippen LogP contribution in [0.4, 0.5) is 11.4 Å². The summed E-state index contributed by atoms with van der Waals surface area (Å²) >= 11 is 0. The van der Waals surface area contributed by atoms with Crippen molar-refractivity contribution in [1.29, 1.82) is 0 Å². The van der Waals surface area contributed by atoms with Crippen LogP contribution in [0.3, 0.4) is 0 Å². The van der Waals surface area contributed by atoms with Gasteiger partial charge >= 0.3 is 0 Å². The molecule has 0 N–H and O–H groups in total. The Hall–Kier alpha value is -2.24. The number of ketones is 1. The summed E-state index contributed by atoms with van der Waals surface area (Å²) in [6.07, 6.45) is -0.175. The number of aryl methyl sites for hydroxylation is 1. The first kappa shape index (κ1) is 11.3. The fourth-order valence-corrected chi connectivity index (χ4v) is 1.81. The van der Waals surface area contributed by atoms with Gasteiger partial charge in [-0.15, -0.1) is 0 Å². The van der Waals surface area contributed by atoms with Gasteiger partial charge < -0.3 is 0 Å². The minimum Gasteiger partial charge on any atom is -0.299 e. The van der Waals surface area contributed by atoms with E-state index in [2.05, 4.69) is 0 Å². The van der Waals surface area contributed by atoms with Gasteiger partial charge in [0.15, 0.2) is 5.78 Å². The topological polar surface area (TPSA) is 80.5 Å². The number of amides is 1.